The zero-order valence-electron chi connectivity index (χ0n) is 15.1. The number of likely N-dealkylation sites (tertiary alicyclic amines) is 1. The Morgan fingerprint density at radius 1 is 1.29 bits per heavy atom. The highest BCUT2D eigenvalue weighted by Gasteiger charge is 2.20. The number of amides is 2. The van der Waals surface area contributed by atoms with E-state index in [0.717, 1.165) is 37.2 Å². The maximum Gasteiger partial charge on any atom is 0.321 e. The summed E-state index contributed by atoms with van der Waals surface area (Å²) < 4.78 is 11.1. The van der Waals surface area contributed by atoms with Gasteiger partial charge in [-0.1, -0.05) is 19.1 Å². The van der Waals surface area contributed by atoms with Crippen LogP contribution in [0.2, 0.25) is 0 Å². The van der Waals surface area contributed by atoms with Gasteiger partial charge in [-0.25, -0.2) is 4.79 Å². The molecule has 0 aromatic heterocycles. The zero-order valence-corrected chi connectivity index (χ0v) is 15.1. The predicted octanol–water partition coefficient (Wildman–Crippen LogP) is 3.89. The van der Waals surface area contributed by atoms with Crippen LogP contribution in [-0.2, 0) is 16.1 Å². The maximum absolute atomic E-state index is 12.3. The predicted molar refractivity (Wildman–Crippen MR) is 96.2 cm³/mol. The fourth-order valence-corrected chi connectivity index (χ4v) is 2.69. The Balaban J connectivity index is 1.76. The van der Waals surface area contributed by atoms with E-state index in [4.69, 9.17) is 9.47 Å². The van der Waals surface area contributed by atoms with Crippen LogP contribution in [0.3, 0.4) is 0 Å². The van der Waals surface area contributed by atoms with Gasteiger partial charge < -0.3 is 19.7 Å². The highest BCUT2D eigenvalue weighted by molar-refractivity contribution is 5.89. The van der Waals surface area contributed by atoms with Crippen LogP contribution < -0.4 is 5.32 Å². The van der Waals surface area contributed by atoms with Crippen molar-refractivity contribution in [1.29, 1.82) is 0 Å². The van der Waals surface area contributed by atoms with Crippen molar-refractivity contribution in [2.45, 2.75) is 46.3 Å². The molecule has 1 aliphatic rings. The molecule has 0 saturated carbocycles. The van der Waals surface area contributed by atoms with E-state index in [2.05, 4.69) is 12.2 Å². The van der Waals surface area contributed by atoms with Crippen LogP contribution in [-0.4, -0.2) is 43.3 Å². The van der Waals surface area contributed by atoms with Crippen LogP contribution in [0.25, 0.3) is 0 Å². The van der Waals surface area contributed by atoms with E-state index in [1.165, 1.54) is 0 Å². The van der Waals surface area contributed by atoms with Crippen molar-refractivity contribution in [3.05, 3.63) is 29.8 Å². The molecule has 1 aliphatic heterocycles. The average Bonchev–Trinajstić information content (AvgIpc) is 2.55. The zero-order chi connectivity index (χ0) is 17.4. The normalized spacial score (nSPS) is 15.8. The molecule has 0 aliphatic carbocycles. The number of piperidine rings is 1. The van der Waals surface area contributed by atoms with Gasteiger partial charge in [0, 0.05) is 18.8 Å². The fourth-order valence-electron chi connectivity index (χ4n) is 2.69. The summed E-state index contributed by atoms with van der Waals surface area (Å²) in [6.45, 7) is 9.63. The second-order valence-electron chi connectivity index (χ2n) is 6.77. The lowest BCUT2D eigenvalue weighted by molar-refractivity contribution is 0.0143. The third-order valence-corrected chi connectivity index (χ3v) is 4.20. The van der Waals surface area contributed by atoms with E-state index in [1.54, 1.807) is 0 Å². The summed E-state index contributed by atoms with van der Waals surface area (Å²) >= 11 is 0. The van der Waals surface area contributed by atoms with E-state index >= 15 is 0 Å². The first-order valence-electron chi connectivity index (χ1n) is 8.89. The summed E-state index contributed by atoms with van der Waals surface area (Å²) in [5.74, 6) is 0.717. The second kappa shape index (κ2) is 9.64. The van der Waals surface area contributed by atoms with Gasteiger partial charge >= 0.3 is 6.03 Å². The summed E-state index contributed by atoms with van der Waals surface area (Å²) in [5, 5.41) is 2.99. The van der Waals surface area contributed by atoms with Gasteiger partial charge in [0.25, 0.3) is 0 Å². The van der Waals surface area contributed by atoms with Gasteiger partial charge in [0.2, 0.25) is 0 Å². The van der Waals surface area contributed by atoms with E-state index in [-0.39, 0.29) is 12.1 Å². The number of urea groups is 1. The highest BCUT2D eigenvalue weighted by atomic mass is 16.5. The van der Waals surface area contributed by atoms with Gasteiger partial charge in [0.15, 0.2) is 0 Å². The number of rotatable bonds is 7. The monoisotopic (exact) mass is 334 g/mol. The molecule has 0 bridgehead atoms. The molecular formula is C19H30N2O3. The van der Waals surface area contributed by atoms with Crippen molar-refractivity contribution < 1.29 is 14.3 Å². The molecule has 1 N–H and O–H groups in total. The van der Waals surface area contributed by atoms with Gasteiger partial charge in [-0.05, 0) is 50.3 Å². The quantitative estimate of drug-likeness (QED) is 0.770. The molecule has 5 nitrogen and oxygen atoms in total. The number of anilines is 1. The number of ether oxygens (including phenoxy) is 2. The minimum Gasteiger partial charge on any atom is -0.376 e. The Kier molecular flexibility index (Phi) is 7.53. The van der Waals surface area contributed by atoms with Crippen LogP contribution in [0, 0.1) is 5.92 Å². The molecule has 1 fully saturated rings. The average molecular weight is 334 g/mol. The Labute approximate surface area is 145 Å². The number of nitrogens with one attached hydrogen (secondary N) is 1. The molecule has 0 spiro atoms. The van der Waals surface area contributed by atoms with Crippen molar-refractivity contribution in [3.8, 4) is 0 Å². The number of carbonyl (C=O) groups excluding carboxylic acids is 1. The summed E-state index contributed by atoms with van der Waals surface area (Å²) in [7, 11) is 0. The second-order valence-corrected chi connectivity index (χ2v) is 6.77. The number of hydrogen-bond acceptors (Lipinski definition) is 3. The first-order valence-corrected chi connectivity index (χ1v) is 8.89. The Morgan fingerprint density at radius 3 is 2.75 bits per heavy atom. The van der Waals surface area contributed by atoms with Crippen molar-refractivity contribution in [2.75, 3.05) is 31.6 Å². The Morgan fingerprint density at radius 2 is 2.04 bits per heavy atom. The molecule has 134 valence electrons. The maximum atomic E-state index is 12.3. The Hall–Kier alpha value is -1.59. The minimum absolute atomic E-state index is 0.00898. The molecule has 2 rings (SSSR count). The largest absolute Gasteiger partial charge is 0.376 e. The van der Waals surface area contributed by atoms with Crippen molar-refractivity contribution >= 4 is 11.7 Å². The van der Waals surface area contributed by atoms with Crippen molar-refractivity contribution in [1.82, 2.24) is 4.90 Å². The summed E-state index contributed by atoms with van der Waals surface area (Å²) in [6, 6.07) is 7.81. The summed E-state index contributed by atoms with van der Waals surface area (Å²) in [4.78, 5) is 14.2. The third kappa shape index (κ3) is 6.49. The topological polar surface area (TPSA) is 50.8 Å². The highest BCUT2D eigenvalue weighted by Crippen LogP contribution is 2.18. The smallest absolute Gasteiger partial charge is 0.321 e. The number of benzene rings is 1. The van der Waals surface area contributed by atoms with Crippen LogP contribution in [0.5, 0.6) is 0 Å². The van der Waals surface area contributed by atoms with Gasteiger partial charge in [0.1, 0.15) is 0 Å². The molecule has 1 heterocycles. The number of carbonyl (C=O) groups is 1. The molecule has 2 amide bonds. The van der Waals surface area contributed by atoms with Crippen molar-refractivity contribution in [2.24, 2.45) is 5.92 Å². The molecule has 5 heteroatoms. The minimum atomic E-state index is -0.00898. The lowest BCUT2D eigenvalue weighted by Gasteiger charge is -2.30. The van der Waals surface area contributed by atoms with E-state index < -0.39 is 0 Å². The molecule has 0 atom stereocenters. The molecule has 0 unspecified atom stereocenters. The van der Waals surface area contributed by atoms with E-state index in [1.807, 2.05) is 43.0 Å². The van der Waals surface area contributed by atoms with Crippen LogP contribution in [0.1, 0.15) is 39.2 Å². The molecule has 24 heavy (non-hydrogen) atoms. The lowest BCUT2D eigenvalue weighted by atomic mass is 10.00. The first-order chi connectivity index (χ1) is 11.5. The SMILES string of the molecule is CC1CCN(C(=O)Nc2cccc(COCCOC(C)C)c2)CC1. The van der Waals surface area contributed by atoms with Gasteiger partial charge in [-0.2, -0.15) is 0 Å². The first kappa shape index (κ1) is 18.7. The van der Waals surface area contributed by atoms with E-state index in [0.29, 0.717) is 25.7 Å². The third-order valence-electron chi connectivity index (χ3n) is 4.20. The van der Waals surface area contributed by atoms with Crippen LogP contribution >= 0.6 is 0 Å². The molecule has 0 radical (unpaired) electrons. The van der Waals surface area contributed by atoms with Gasteiger partial charge in [-0.15, -0.1) is 0 Å². The van der Waals surface area contributed by atoms with Gasteiger partial charge in [0.05, 0.1) is 25.9 Å². The summed E-state index contributed by atoms with van der Waals surface area (Å²) in [5.41, 5.74) is 1.86. The molecular weight excluding hydrogens is 304 g/mol. The van der Waals surface area contributed by atoms with Crippen LogP contribution in [0.15, 0.2) is 24.3 Å². The molecule has 1 saturated heterocycles. The van der Waals surface area contributed by atoms with Crippen molar-refractivity contribution in [3.63, 3.8) is 0 Å². The Bertz CT molecular complexity index is 511. The number of hydrogen-bond donors (Lipinski definition) is 1. The lowest BCUT2D eigenvalue weighted by Crippen LogP contribution is -2.40. The molecule has 1 aromatic carbocycles. The summed E-state index contributed by atoms with van der Waals surface area (Å²) in [6.07, 6.45) is 2.39. The number of nitrogens with zero attached hydrogens (tertiary/aromatic N) is 1. The van der Waals surface area contributed by atoms with Gasteiger partial charge in [-0.3, -0.25) is 0 Å². The molecule has 1 aromatic rings. The standard InChI is InChI=1S/C19H30N2O3/c1-15(2)24-12-11-23-14-17-5-4-6-18(13-17)20-19(22)21-9-7-16(3)8-10-21/h4-6,13,15-16H,7-12,14H2,1-3H3,(H,20,22). The van der Waals surface area contributed by atoms with E-state index in [9.17, 15) is 4.79 Å². The fraction of sp³-hybridized carbons (Fsp3) is 0.632. The van der Waals surface area contributed by atoms with Crippen LogP contribution in [0.4, 0.5) is 10.5 Å².